The molecule has 0 spiro atoms. The molecule has 2 aromatic rings. The molecule has 21 heavy (non-hydrogen) atoms. The zero-order valence-electron chi connectivity index (χ0n) is 11.2. The minimum absolute atomic E-state index is 0.0172. The Kier molecular flexibility index (Phi) is 3.58. The second-order valence-corrected chi connectivity index (χ2v) is 4.68. The van der Waals surface area contributed by atoms with Gasteiger partial charge in [-0.1, -0.05) is 0 Å². The number of anilines is 2. The number of carbonyl (C=O) groups excluding carboxylic acids is 1. The molecule has 3 rings (SSSR count). The first-order valence-corrected chi connectivity index (χ1v) is 6.60. The summed E-state index contributed by atoms with van der Waals surface area (Å²) in [7, 11) is 0. The Balaban J connectivity index is 1.58. The van der Waals surface area contributed by atoms with Crippen LogP contribution in [0.25, 0.3) is 5.95 Å². The van der Waals surface area contributed by atoms with Gasteiger partial charge in [0.05, 0.1) is 0 Å². The summed E-state index contributed by atoms with van der Waals surface area (Å²) in [6.45, 7) is 0.415. The number of hydrogen-bond acceptors (Lipinski definition) is 8. The van der Waals surface area contributed by atoms with Gasteiger partial charge in [0.1, 0.15) is 12.7 Å². The van der Waals surface area contributed by atoms with Crippen LogP contribution in [-0.4, -0.2) is 48.2 Å². The largest absolute Gasteiger partial charge is 0.368 e. The van der Waals surface area contributed by atoms with Gasteiger partial charge in [0.25, 0.3) is 5.95 Å². The third kappa shape index (κ3) is 3.61. The summed E-state index contributed by atoms with van der Waals surface area (Å²) in [5, 5.41) is 9.78. The lowest BCUT2D eigenvalue weighted by Crippen LogP contribution is -2.27. The highest BCUT2D eigenvalue weighted by Gasteiger charge is 2.22. The minimum Gasteiger partial charge on any atom is -0.368 e. The second kappa shape index (κ2) is 5.69. The third-order valence-electron chi connectivity index (χ3n) is 2.84. The van der Waals surface area contributed by atoms with Gasteiger partial charge >= 0.3 is 0 Å². The predicted octanol–water partition coefficient (Wildman–Crippen LogP) is -0.885. The van der Waals surface area contributed by atoms with E-state index in [0.29, 0.717) is 25.0 Å². The molecule has 10 nitrogen and oxygen atoms in total. The van der Waals surface area contributed by atoms with Crippen LogP contribution in [-0.2, 0) is 4.79 Å². The van der Waals surface area contributed by atoms with Gasteiger partial charge in [-0.05, 0) is 12.8 Å². The Morgan fingerprint density at radius 1 is 1.38 bits per heavy atom. The van der Waals surface area contributed by atoms with Crippen molar-refractivity contribution < 1.29 is 4.79 Å². The summed E-state index contributed by atoms with van der Waals surface area (Å²) in [5.74, 6) is 0.654. The minimum atomic E-state index is 0.0172. The average molecular weight is 289 g/mol. The summed E-state index contributed by atoms with van der Waals surface area (Å²) in [4.78, 5) is 27.5. The van der Waals surface area contributed by atoms with E-state index in [2.05, 4.69) is 35.7 Å². The van der Waals surface area contributed by atoms with Crippen LogP contribution in [0.15, 0.2) is 12.7 Å². The van der Waals surface area contributed by atoms with Crippen LogP contribution in [0.2, 0.25) is 0 Å². The van der Waals surface area contributed by atoms with E-state index in [-0.39, 0.29) is 17.8 Å². The van der Waals surface area contributed by atoms with Crippen molar-refractivity contribution in [1.82, 2.24) is 35.0 Å². The maximum Gasteiger partial charge on any atom is 0.258 e. The summed E-state index contributed by atoms with van der Waals surface area (Å²) < 4.78 is 1.38. The first kappa shape index (κ1) is 13.2. The lowest BCUT2D eigenvalue weighted by Gasteiger charge is -2.07. The predicted molar refractivity (Wildman–Crippen MR) is 73.4 cm³/mol. The molecule has 0 radical (unpaired) electrons. The molecule has 1 aliphatic carbocycles. The molecule has 0 unspecified atom stereocenters. The van der Waals surface area contributed by atoms with E-state index >= 15 is 0 Å². The molecular weight excluding hydrogens is 274 g/mol. The quantitative estimate of drug-likeness (QED) is 0.623. The summed E-state index contributed by atoms with van der Waals surface area (Å²) in [5.41, 5.74) is 5.63. The van der Waals surface area contributed by atoms with Gasteiger partial charge in [0, 0.05) is 19.0 Å². The van der Waals surface area contributed by atoms with Gasteiger partial charge < -0.3 is 16.4 Å². The lowest BCUT2D eigenvalue weighted by atomic mass is 10.4. The molecule has 110 valence electrons. The van der Waals surface area contributed by atoms with Crippen LogP contribution in [0.4, 0.5) is 11.9 Å². The molecule has 2 heterocycles. The SMILES string of the molecule is Nc1nc(NCCC(=O)NC2CC2)nc(-n2cncn2)n1. The van der Waals surface area contributed by atoms with Gasteiger partial charge in [-0.25, -0.2) is 4.98 Å². The Hall–Kier alpha value is -2.78. The van der Waals surface area contributed by atoms with E-state index in [9.17, 15) is 4.79 Å². The summed E-state index contributed by atoms with van der Waals surface area (Å²) in [6, 6.07) is 0.365. The topological polar surface area (TPSA) is 137 Å². The molecular formula is C11H15N9O. The molecule has 1 saturated carbocycles. The molecule has 0 bridgehead atoms. The van der Waals surface area contributed by atoms with E-state index in [1.807, 2.05) is 0 Å². The molecule has 0 aromatic carbocycles. The Labute approximate surface area is 120 Å². The van der Waals surface area contributed by atoms with Gasteiger partial charge in [-0.2, -0.15) is 24.7 Å². The van der Waals surface area contributed by atoms with Gasteiger partial charge in [0.2, 0.25) is 17.8 Å². The van der Waals surface area contributed by atoms with Crippen molar-refractivity contribution in [3.63, 3.8) is 0 Å². The fraction of sp³-hybridized carbons (Fsp3) is 0.455. The number of amides is 1. The van der Waals surface area contributed by atoms with E-state index < -0.39 is 0 Å². The van der Waals surface area contributed by atoms with Crippen LogP contribution in [0.1, 0.15) is 19.3 Å². The van der Waals surface area contributed by atoms with Crippen LogP contribution in [0.5, 0.6) is 0 Å². The molecule has 1 amide bonds. The van der Waals surface area contributed by atoms with E-state index in [1.165, 1.54) is 17.3 Å². The van der Waals surface area contributed by atoms with E-state index in [1.54, 1.807) is 0 Å². The third-order valence-corrected chi connectivity index (χ3v) is 2.84. The number of aromatic nitrogens is 6. The first-order valence-electron chi connectivity index (χ1n) is 6.60. The van der Waals surface area contributed by atoms with Crippen molar-refractivity contribution in [1.29, 1.82) is 0 Å². The summed E-state index contributed by atoms with van der Waals surface area (Å²) in [6.07, 6.45) is 5.33. The molecule has 1 fully saturated rings. The van der Waals surface area contributed by atoms with Crippen molar-refractivity contribution in [2.45, 2.75) is 25.3 Å². The number of nitrogen functional groups attached to an aromatic ring is 1. The van der Waals surface area contributed by atoms with E-state index in [4.69, 9.17) is 5.73 Å². The van der Waals surface area contributed by atoms with Crippen molar-refractivity contribution in [2.24, 2.45) is 0 Å². The maximum atomic E-state index is 11.6. The zero-order valence-corrected chi connectivity index (χ0v) is 11.2. The van der Waals surface area contributed by atoms with Crippen LogP contribution in [0, 0.1) is 0 Å². The lowest BCUT2D eigenvalue weighted by molar-refractivity contribution is -0.120. The highest BCUT2D eigenvalue weighted by molar-refractivity contribution is 5.77. The van der Waals surface area contributed by atoms with Crippen LogP contribution >= 0.6 is 0 Å². The number of nitrogens with zero attached hydrogens (tertiary/aromatic N) is 6. The maximum absolute atomic E-state index is 11.6. The normalized spacial score (nSPS) is 13.9. The molecule has 2 aromatic heterocycles. The molecule has 4 N–H and O–H groups in total. The van der Waals surface area contributed by atoms with Crippen molar-refractivity contribution in [2.75, 3.05) is 17.6 Å². The van der Waals surface area contributed by atoms with E-state index in [0.717, 1.165) is 12.8 Å². The smallest absolute Gasteiger partial charge is 0.258 e. The molecule has 0 saturated heterocycles. The Morgan fingerprint density at radius 2 is 2.24 bits per heavy atom. The molecule has 10 heteroatoms. The van der Waals surface area contributed by atoms with Gasteiger partial charge in [-0.3, -0.25) is 4.79 Å². The van der Waals surface area contributed by atoms with Crippen LogP contribution < -0.4 is 16.4 Å². The first-order chi connectivity index (χ1) is 10.2. The zero-order chi connectivity index (χ0) is 14.7. The number of carbonyl (C=O) groups is 1. The average Bonchev–Trinajstić information content (AvgIpc) is 3.08. The second-order valence-electron chi connectivity index (χ2n) is 4.68. The fourth-order valence-corrected chi connectivity index (χ4v) is 1.69. The Morgan fingerprint density at radius 3 is 2.95 bits per heavy atom. The number of nitrogens with two attached hydrogens (primary N) is 1. The van der Waals surface area contributed by atoms with Crippen molar-refractivity contribution >= 4 is 17.8 Å². The highest BCUT2D eigenvalue weighted by Crippen LogP contribution is 2.18. The van der Waals surface area contributed by atoms with Gasteiger partial charge in [-0.15, -0.1) is 0 Å². The standard InChI is InChI=1S/C11H15N9O/c12-9-17-10(14-4-3-8(21)16-7-1-2-7)19-11(18-9)20-6-13-5-15-20/h5-7H,1-4H2,(H,16,21)(H3,12,14,17,18,19). The monoisotopic (exact) mass is 289 g/mol. The van der Waals surface area contributed by atoms with Gasteiger partial charge in [0.15, 0.2) is 0 Å². The highest BCUT2D eigenvalue weighted by atomic mass is 16.1. The molecule has 0 atom stereocenters. The Bertz CT molecular complexity index is 623. The molecule has 1 aliphatic rings. The number of hydrogen-bond donors (Lipinski definition) is 3. The number of nitrogens with one attached hydrogen (secondary N) is 2. The van der Waals surface area contributed by atoms with Crippen molar-refractivity contribution in [3.8, 4) is 5.95 Å². The fourth-order valence-electron chi connectivity index (χ4n) is 1.69. The van der Waals surface area contributed by atoms with Crippen LogP contribution in [0.3, 0.4) is 0 Å². The summed E-state index contributed by atoms with van der Waals surface area (Å²) >= 11 is 0. The van der Waals surface area contributed by atoms with Crippen molar-refractivity contribution in [3.05, 3.63) is 12.7 Å². The molecule has 0 aliphatic heterocycles. The number of rotatable bonds is 6.